The lowest BCUT2D eigenvalue weighted by Crippen LogP contribution is -2.56. The molecule has 0 aliphatic heterocycles. The number of aliphatic hydroxyl groups is 1. The number of carbonyl (C=O) groups excluding carboxylic acids is 3. The summed E-state index contributed by atoms with van der Waals surface area (Å²) in [5.74, 6) is -6.70. The van der Waals surface area contributed by atoms with Crippen LogP contribution in [-0.2, 0) is 25.5 Å². The van der Waals surface area contributed by atoms with E-state index in [1.165, 1.54) is 14.0 Å². The van der Waals surface area contributed by atoms with E-state index in [1.807, 2.05) is 0 Å². The fraction of sp³-hybridized carbons (Fsp3) is 0.550. The average Bonchev–Trinajstić information content (AvgIpc) is 2.71. The van der Waals surface area contributed by atoms with E-state index in [1.54, 1.807) is 30.3 Å². The third-order valence-electron chi connectivity index (χ3n) is 4.46. The van der Waals surface area contributed by atoms with Gasteiger partial charge in [-0.3, -0.25) is 9.59 Å². The van der Waals surface area contributed by atoms with E-state index in [9.17, 15) is 28.3 Å². The molecule has 0 saturated heterocycles. The van der Waals surface area contributed by atoms with Crippen LogP contribution >= 0.6 is 0 Å². The Morgan fingerprint density at radius 3 is 2.40 bits per heavy atom. The summed E-state index contributed by atoms with van der Waals surface area (Å²) in [7, 11) is 1.19. The first-order valence-corrected chi connectivity index (χ1v) is 9.58. The van der Waals surface area contributed by atoms with E-state index < -0.39 is 41.9 Å². The van der Waals surface area contributed by atoms with Gasteiger partial charge in [0.05, 0.1) is 7.11 Å². The largest absolute Gasteiger partial charge is 0.467 e. The first-order chi connectivity index (χ1) is 14.1. The Morgan fingerprint density at radius 2 is 1.83 bits per heavy atom. The quantitative estimate of drug-likeness (QED) is 0.283. The first-order valence-electron chi connectivity index (χ1n) is 9.58. The molecule has 0 saturated carbocycles. The maximum absolute atomic E-state index is 14.2. The molecular weight excluding hydrogens is 400 g/mol. The van der Waals surface area contributed by atoms with E-state index in [0.29, 0.717) is 12.0 Å². The van der Waals surface area contributed by atoms with Crippen molar-refractivity contribution < 1.29 is 33.0 Å². The Hall–Kier alpha value is -2.59. The van der Waals surface area contributed by atoms with Gasteiger partial charge in [0, 0.05) is 19.5 Å². The molecule has 0 fully saturated rings. The maximum atomic E-state index is 14.2. The number of esters is 1. The number of alkyl halides is 2. The molecule has 1 aromatic rings. The van der Waals surface area contributed by atoms with Crippen molar-refractivity contribution in [2.24, 2.45) is 5.73 Å². The molecule has 8 nitrogen and oxygen atoms in total. The highest BCUT2D eigenvalue weighted by atomic mass is 19.3. The van der Waals surface area contributed by atoms with Crippen molar-refractivity contribution in [1.82, 2.24) is 10.6 Å². The number of nitrogens with one attached hydrogen (secondary N) is 2. The Morgan fingerprint density at radius 1 is 1.20 bits per heavy atom. The molecule has 0 aliphatic rings. The Balaban J connectivity index is 2.46. The van der Waals surface area contributed by atoms with Gasteiger partial charge in [0.1, 0.15) is 12.1 Å². The number of amides is 2. The zero-order valence-corrected chi connectivity index (χ0v) is 17.1. The van der Waals surface area contributed by atoms with Crippen molar-refractivity contribution in [3.05, 3.63) is 35.9 Å². The molecular formula is C20H29F2N3O5. The number of carbonyl (C=O) groups is 3. The number of aliphatic hydroxyl groups excluding tert-OH is 1. The topological polar surface area (TPSA) is 131 Å². The third kappa shape index (κ3) is 8.03. The zero-order chi connectivity index (χ0) is 22.7. The molecule has 3 atom stereocenters. The molecule has 0 spiro atoms. The van der Waals surface area contributed by atoms with Gasteiger partial charge in [0.2, 0.25) is 5.91 Å². The second kappa shape index (κ2) is 12.2. The van der Waals surface area contributed by atoms with Crippen molar-refractivity contribution in [3.63, 3.8) is 0 Å². The van der Waals surface area contributed by atoms with Crippen molar-refractivity contribution in [2.75, 3.05) is 13.7 Å². The third-order valence-corrected chi connectivity index (χ3v) is 4.46. The van der Waals surface area contributed by atoms with Gasteiger partial charge in [-0.15, -0.1) is 0 Å². The van der Waals surface area contributed by atoms with Crippen LogP contribution in [0, 0.1) is 0 Å². The summed E-state index contributed by atoms with van der Waals surface area (Å²) in [5.41, 5.74) is 6.34. The van der Waals surface area contributed by atoms with E-state index >= 15 is 0 Å². The number of hydrogen-bond donors (Lipinski definition) is 4. The smallest absolute Gasteiger partial charge is 0.351 e. The molecule has 1 rings (SSSR count). The summed E-state index contributed by atoms with van der Waals surface area (Å²) in [6, 6.07) is 6.40. The lowest BCUT2D eigenvalue weighted by molar-refractivity contribution is -0.165. The van der Waals surface area contributed by atoms with Crippen LogP contribution in [-0.4, -0.2) is 60.7 Å². The summed E-state index contributed by atoms with van der Waals surface area (Å²) < 4.78 is 33.1. The van der Waals surface area contributed by atoms with Crippen molar-refractivity contribution in [3.8, 4) is 0 Å². The number of benzene rings is 1. The first kappa shape index (κ1) is 25.4. The second-order valence-electron chi connectivity index (χ2n) is 6.95. The standard InChI is InChI=1S/C20H29F2N3O5/c1-13(26)25-16(18(28)30-2)10-6-7-11-24-19(29)20(21,22)17(27)15(23)12-14-8-4-3-5-9-14/h3-5,8-9,15-17,27H,6-7,10-12,23H2,1-2H3,(H,24,29)(H,25,26)/t15-,16-,17?/m0/s1. The van der Waals surface area contributed by atoms with Crippen LogP contribution in [0.15, 0.2) is 30.3 Å². The molecule has 0 heterocycles. The Kier molecular flexibility index (Phi) is 10.3. The monoisotopic (exact) mass is 429 g/mol. The van der Waals surface area contributed by atoms with Crippen molar-refractivity contribution >= 4 is 17.8 Å². The lowest BCUT2D eigenvalue weighted by Gasteiger charge is -2.26. The number of ether oxygens (including phenoxy) is 1. The predicted octanol–water partition coefficient (Wildman–Crippen LogP) is 0.517. The number of unbranched alkanes of at least 4 members (excludes halogenated alkanes) is 1. The lowest BCUT2D eigenvalue weighted by atomic mass is 9.97. The summed E-state index contributed by atoms with van der Waals surface area (Å²) in [6.45, 7) is 1.16. The second-order valence-corrected chi connectivity index (χ2v) is 6.95. The average molecular weight is 429 g/mol. The van der Waals surface area contributed by atoms with Gasteiger partial charge in [-0.05, 0) is 31.2 Å². The van der Waals surface area contributed by atoms with E-state index in [4.69, 9.17) is 5.73 Å². The molecule has 1 unspecified atom stereocenters. The number of rotatable bonds is 12. The van der Waals surface area contributed by atoms with Gasteiger partial charge < -0.3 is 26.2 Å². The van der Waals surface area contributed by atoms with Gasteiger partial charge in [0.25, 0.3) is 5.91 Å². The fourth-order valence-electron chi connectivity index (χ4n) is 2.83. The van der Waals surface area contributed by atoms with Crippen LogP contribution in [0.4, 0.5) is 8.78 Å². The normalized spacial score (nSPS) is 14.3. The minimum Gasteiger partial charge on any atom is -0.467 e. The molecule has 10 heteroatoms. The van der Waals surface area contributed by atoms with Gasteiger partial charge in [-0.2, -0.15) is 8.78 Å². The SMILES string of the molecule is COC(=O)[C@H](CCCCNC(=O)C(F)(F)C(O)[C@@H](N)Cc1ccccc1)NC(C)=O. The van der Waals surface area contributed by atoms with Crippen LogP contribution in [0.2, 0.25) is 0 Å². The van der Waals surface area contributed by atoms with Crippen LogP contribution in [0.1, 0.15) is 31.7 Å². The highest BCUT2D eigenvalue weighted by Gasteiger charge is 2.48. The molecule has 168 valence electrons. The number of hydrogen-bond acceptors (Lipinski definition) is 6. The van der Waals surface area contributed by atoms with Gasteiger partial charge in [0.15, 0.2) is 0 Å². The van der Waals surface area contributed by atoms with E-state index in [-0.39, 0.29) is 25.8 Å². The van der Waals surface area contributed by atoms with Crippen LogP contribution < -0.4 is 16.4 Å². The minimum atomic E-state index is -4.06. The minimum absolute atomic E-state index is 0.0110. The van der Waals surface area contributed by atoms with Gasteiger partial charge in [-0.25, -0.2) is 4.79 Å². The number of methoxy groups -OCH3 is 1. The van der Waals surface area contributed by atoms with Gasteiger partial charge in [-0.1, -0.05) is 30.3 Å². The molecule has 0 bridgehead atoms. The summed E-state index contributed by atoms with van der Waals surface area (Å²) >= 11 is 0. The molecule has 30 heavy (non-hydrogen) atoms. The molecule has 0 aliphatic carbocycles. The number of halogens is 2. The molecule has 0 aromatic heterocycles. The van der Waals surface area contributed by atoms with Crippen LogP contribution in [0.3, 0.4) is 0 Å². The predicted molar refractivity (Wildman–Crippen MR) is 106 cm³/mol. The molecule has 2 amide bonds. The van der Waals surface area contributed by atoms with E-state index in [2.05, 4.69) is 15.4 Å². The summed E-state index contributed by atoms with van der Waals surface area (Å²) in [6.07, 6.45) is -1.49. The molecule has 0 radical (unpaired) electrons. The Labute approximate surface area is 174 Å². The number of nitrogens with two attached hydrogens (primary N) is 1. The fourth-order valence-corrected chi connectivity index (χ4v) is 2.83. The summed E-state index contributed by atoms with van der Waals surface area (Å²) in [4.78, 5) is 34.5. The summed E-state index contributed by atoms with van der Waals surface area (Å²) in [5, 5.41) is 14.4. The van der Waals surface area contributed by atoms with Crippen molar-refractivity contribution in [2.45, 2.75) is 56.7 Å². The Bertz CT molecular complexity index is 703. The molecule has 5 N–H and O–H groups in total. The van der Waals surface area contributed by atoms with Gasteiger partial charge >= 0.3 is 11.9 Å². The zero-order valence-electron chi connectivity index (χ0n) is 17.1. The van der Waals surface area contributed by atoms with Crippen molar-refractivity contribution in [1.29, 1.82) is 0 Å². The highest BCUT2D eigenvalue weighted by Crippen LogP contribution is 2.22. The highest BCUT2D eigenvalue weighted by molar-refractivity contribution is 5.84. The van der Waals surface area contributed by atoms with Crippen LogP contribution in [0.25, 0.3) is 0 Å². The maximum Gasteiger partial charge on any atom is 0.351 e. The van der Waals surface area contributed by atoms with E-state index in [0.717, 1.165) is 0 Å². The van der Waals surface area contributed by atoms with Crippen LogP contribution in [0.5, 0.6) is 0 Å². The molecule has 1 aromatic carbocycles.